The predicted octanol–water partition coefficient (Wildman–Crippen LogP) is -1.39. The molecule has 4 N–H and O–H groups in total. The second kappa shape index (κ2) is 6.21. The van der Waals surface area contributed by atoms with E-state index in [2.05, 4.69) is 15.5 Å². The molecule has 0 saturated carbocycles. The quantitative estimate of drug-likeness (QED) is 0.465. The smallest absolute Gasteiger partial charge is 0.324 e. The molecule has 0 aliphatic heterocycles. The lowest BCUT2D eigenvalue weighted by Crippen LogP contribution is -2.47. The standard InChI is InChI=1S/C8H12N4O6S2/c1-3(13)5(6(15)16)12-20(17,18)8-11-10-7(19-8)9-4(2)14/h3,5,12-13H,1-2H3,(H,15,16)(H,9,10,14)/t3-,5+/m1/s1. The number of anilines is 1. The Morgan fingerprint density at radius 2 is 1.95 bits per heavy atom. The molecule has 0 aromatic carbocycles. The van der Waals surface area contributed by atoms with Crippen molar-refractivity contribution in [1.29, 1.82) is 0 Å². The van der Waals surface area contributed by atoms with Crippen LogP contribution in [0.15, 0.2) is 4.34 Å². The molecule has 0 spiro atoms. The van der Waals surface area contributed by atoms with E-state index >= 15 is 0 Å². The van der Waals surface area contributed by atoms with E-state index < -0.39 is 38.4 Å². The number of nitrogens with zero attached hydrogens (tertiary/aromatic N) is 2. The second-order valence-corrected chi connectivity index (χ2v) is 6.60. The largest absolute Gasteiger partial charge is 0.480 e. The van der Waals surface area contributed by atoms with Gasteiger partial charge in [0.25, 0.3) is 10.0 Å². The predicted molar refractivity (Wildman–Crippen MR) is 67.6 cm³/mol. The molecule has 1 rings (SSSR count). The fraction of sp³-hybridized carbons (Fsp3) is 0.500. The fourth-order valence-corrected chi connectivity index (χ4v) is 3.32. The second-order valence-electron chi connectivity index (χ2n) is 3.73. The Bertz CT molecular complexity index is 610. The normalized spacial score (nSPS) is 14.6. The van der Waals surface area contributed by atoms with Gasteiger partial charge in [0.2, 0.25) is 15.4 Å². The number of hydrogen-bond donors (Lipinski definition) is 4. The van der Waals surface area contributed by atoms with Crippen molar-refractivity contribution in [3.8, 4) is 0 Å². The lowest BCUT2D eigenvalue weighted by Gasteiger charge is -2.15. The number of nitrogens with one attached hydrogen (secondary N) is 2. The molecule has 1 aromatic heterocycles. The van der Waals surface area contributed by atoms with Gasteiger partial charge in [0, 0.05) is 6.92 Å². The Morgan fingerprint density at radius 1 is 1.35 bits per heavy atom. The Hall–Kier alpha value is -1.63. The number of sulfonamides is 1. The molecule has 0 saturated heterocycles. The third-order valence-corrected chi connectivity index (χ3v) is 4.60. The maximum absolute atomic E-state index is 11.9. The highest BCUT2D eigenvalue weighted by Gasteiger charge is 2.31. The van der Waals surface area contributed by atoms with E-state index in [1.807, 2.05) is 0 Å². The number of carbonyl (C=O) groups excluding carboxylic acids is 1. The van der Waals surface area contributed by atoms with E-state index in [1.165, 1.54) is 6.92 Å². The first kappa shape index (κ1) is 16.4. The molecule has 0 aliphatic rings. The molecule has 0 radical (unpaired) electrons. The number of rotatable bonds is 6. The minimum atomic E-state index is -4.26. The van der Waals surface area contributed by atoms with E-state index in [9.17, 15) is 23.1 Å². The molecule has 112 valence electrons. The van der Waals surface area contributed by atoms with Gasteiger partial charge in [0.05, 0.1) is 6.10 Å². The summed E-state index contributed by atoms with van der Waals surface area (Å²) in [6.45, 7) is 2.34. The van der Waals surface area contributed by atoms with Gasteiger partial charge in [-0.2, -0.15) is 4.72 Å². The highest BCUT2D eigenvalue weighted by molar-refractivity contribution is 7.91. The van der Waals surface area contributed by atoms with Crippen LogP contribution in [0.5, 0.6) is 0 Å². The van der Waals surface area contributed by atoms with E-state index in [0.29, 0.717) is 11.3 Å². The number of carboxylic acids is 1. The fourth-order valence-electron chi connectivity index (χ4n) is 1.09. The third-order valence-electron chi connectivity index (χ3n) is 1.95. The van der Waals surface area contributed by atoms with Crippen molar-refractivity contribution in [3.63, 3.8) is 0 Å². The van der Waals surface area contributed by atoms with Gasteiger partial charge in [-0.15, -0.1) is 10.2 Å². The summed E-state index contributed by atoms with van der Waals surface area (Å²) in [5.74, 6) is -1.99. The average Bonchev–Trinajstić information content (AvgIpc) is 2.73. The zero-order valence-electron chi connectivity index (χ0n) is 10.4. The summed E-state index contributed by atoms with van der Waals surface area (Å²) in [7, 11) is -4.26. The maximum Gasteiger partial charge on any atom is 0.324 e. The van der Waals surface area contributed by atoms with Crippen molar-refractivity contribution in [3.05, 3.63) is 0 Å². The van der Waals surface area contributed by atoms with E-state index in [0.717, 1.165) is 6.92 Å². The van der Waals surface area contributed by atoms with Gasteiger partial charge in [-0.3, -0.25) is 9.59 Å². The Morgan fingerprint density at radius 3 is 2.40 bits per heavy atom. The molecule has 0 unspecified atom stereocenters. The van der Waals surface area contributed by atoms with Crippen LogP contribution in [0.3, 0.4) is 0 Å². The average molecular weight is 324 g/mol. The van der Waals surface area contributed by atoms with E-state index in [1.54, 1.807) is 4.72 Å². The Kier molecular flexibility index (Phi) is 5.10. The first-order valence-electron chi connectivity index (χ1n) is 5.18. The Balaban J connectivity index is 2.96. The van der Waals surface area contributed by atoms with Gasteiger partial charge in [-0.25, -0.2) is 8.42 Å². The van der Waals surface area contributed by atoms with Crippen LogP contribution in [0.1, 0.15) is 13.8 Å². The molecule has 1 heterocycles. The minimum absolute atomic E-state index is 0.0400. The van der Waals surface area contributed by atoms with Crippen molar-refractivity contribution in [2.45, 2.75) is 30.3 Å². The molecule has 0 bridgehead atoms. The highest BCUT2D eigenvalue weighted by atomic mass is 32.2. The number of amides is 1. The van der Waals surface area contributed by atoms with Crippen molar-refractivity contribution >= 4 is 38.4 Å². The van der Waals surface area contributed by atoms with E-state index in [-0.39, 0.29) is 5.13 Å². The highest BCUT2D eigenvalue weighted by Crippen LogP contribution is 2.20. The zero-order chi connectivity index (χ0) is 15.5. The van der Waals surface area contributed by atoms with Gasteiger partial charge >= 0.3 is 5.97 Å². The minimum Gasteiger partial charge on any atom is -0.480 e. The van der Waals surface area contributed by atoms with Crippen LogP contribution in [0, 0.1) is 0 Å². The first-order chi connectivity index (χ1) is 9.13. The summed E-state index contributed by atoms with van der Waals surface area (Å²) in [6.07, 6.45) is -1.44. The lowest BCUT2D eigenvalue weighted by molar-refractivity contribution is -0.141. The number of carbonyl (C=O) groups is 2. The summed E-state index contributed by atoms with van der Waals surface area (Å²) >= 11 is 0.554. The summed E-state index contributed by atoms with van der Waals surface area (Å²) in [6, 6.07) is -1.71. The number of carboxylic acid groups (broad SMARTS) is 1. The molecule has 20 heavy (non-hydrogen) atoms. The monoisotopic (exact) mass is 324 g/mol. The van der Waals surface area contributed by atoms with Gasteiger partial charge in [0.1, 0.15) is 6.04 Å². The number of aliphatic hydroxyl groups is 1. The van der Waals surface area contributed by atoms with Gasteiger partial charge in [-0.05, 0) is 6.92 Å². The molecular weight excluding hydrogens is 312 g/mol. The van der Waals surface area contributed by atoms with Crippen LogP contribution < -0.4 is 10.0 Å². The number of aliphatic carboxylic acids is 1. The van der Waals surface area contributed by atoms with Crippen LogP contribution in [0.25, 0.3) is 0 Å². The summed E-state index contributed by atoms with van der Waals surface area (Å²) in [5, 5.41) is 27.0. The molecule has 12 heteroatoms. The summed E-state index contributed by atoms with van der Waals surface area (Å²) in [5.41, 5.74) is 0. The molecule has 2 atom stereocenters. The molecule has 1 aromatic rings. The summed E-state index contributed by atoms with van der Waals surface area (Å²) < 4.78 is 25.0. The third kappa shape index (κ3) is 4.19. The number of aliphatic hydroxyl groups excluding tert-OH is 1. The number of aromatic nitrogens is 2. The van der Waals surface area contributed by atoms with Crippen LogP contribution in [-0.4, -0.2) is 52.9 Å². The van der Waals surface area contributed by atoms with Crippen molar-refractivity contribution in [2.24, 2.45) is 0 Å². The lowest BCUT2D eigenvalue weighted by atomic mass is 10.2. The molecular formula is C8H12N4O6S2. The van der Waals surface area contributed by atoms with Gasteiger partial charge in [-0.1, -0.05) is 11.3 Å². The van der Waals surface area contributed by atoms with Gasteiger partial charge < -0.3 is 15.5 Å². The summed E-state index contributed by atoms with van der Waals surface area (Å²) in [4.78, 5) is 21.6. The van der Waals surface area contributed by atoms with Crippen LogP contribution >= 0.6 is 11.3 Å². The zero-order valence-corrected chi connectivity index (χ0v) is 12.0. The van der Waals surface area contributed by atoms with Crippen molar-refractivity contribution < 1.29 is 28.2 Å². The molecule has 1 amide bonds. The van der Waals surface area contributed by atoms with Crippen molar-refractivity contribution in [2.75, 3.05) is 5.32 Å². The number of hydrogen-bond acceptors (Lipinski definition) is 8. The van der Waals surface area contributed by atoms with Crippen LogP contribution in [0.4, 0.5) is 5.13 Å². The molecule has 0 aliphatic carbocycles. The SMILES string of the molecule is CC(=O)Nc1nnc(S(=O)(=O)N[C@H](C(=O)O)[C@@H](C)O)s1. The maximum atomic E-state index is 11.9. The van der Waals surface area contributed by atoms with Gasteiger partial charge in [0.15, 0.2) is 0 Å². The van der Waals surface area contributed by atoms with Crippen LogP contribution in [-0.2, 0) is 19.6 Å². The first-order valence-corrected chi connectivity index (χ1v) is 7.47. The molecule has 0 fully saturated rings. The molecule has 10 nitrogen and oxygen atoms in total. The van der Waals surface area contributed by atoms with E-state index in [4.69, 9.17) is 5.11 Å². The Labute approximate surface area is 117 Å². The topological polar surface area (TPSA) is 159 Å². The van der Waals surface area contributed by atoms with Crippen molar-refractivity contribution in [1.82, 2.24) is 14.9 Å². The van der Waals surface area contributed by atoms with Crippen LogP contribution in [0.2, 0.25) is 0 Å².